The SMILES string of the molecule is CC(C)COc1ccc(/C(O)=C2\C(=O)C(=O)N(CCN3CCOCC3)[C@@H]2c2ccncc2)cc1. The van der Waals surface area contributed by atoms with E-state index in [1.807, 2.05) is 0 Å². The van der Waals surface area contributed by atoms with Gasteiger partial charge >= 0.3 is 0 Å². The quantitative estimate of drug-likeness (QED) is 0.364. The van der Waals surface area contributed by atoms with Crippen LogP contribution < -0.4 is 4.74 Å². The Bertz CT molecular complexity index is 1030. The first-order valence-electron chi connectivity index (χ1n) is 11.7. The molecule has 0 spiro atoms. The van der Waals surface area contributed by atoms with E-state index in [4.69, 9.17) is 9.47 Å². The number of hydrogen-bond acceptors (Lipinski definition) is 7. The number of aliphatic hydroxyl groups excluding tert-OH is 1. The first-order valence-corrected chi connectivity index (χ1v) is 11.7. The number of ether oxygens (including phenoxy) is 2. The molecule has 0 aliphatic carbocycles. The minimum absolute atomic E-state index is 0.0917. The highest BCUT2D eigenvalue weighted by Gasteiger charge is 2.46. The van der Waals surface area contributed by atoms with Gasteiger partial charge < -0.3 is 19.5 Å². The van der Waals surface area contributed by atoms with Gasteiger partial charge in [-0.3, -0.25) is 19.5 Å². The van der Waals surface area contributed by atoms with E-state index >= 15 is 0 Å². The van der Waals surface area contributed by atoms with Gasteiger partial charge in [-0.15, -0.1) is 0 Å². The Kier molecular flexibility index (Phi) is 7.59. The molecule has 180 valence electrons. The van der Waals surface area contributed by atoms with Gasteiger partial charge in [-0.25, -0.2) is 0 Å². The van der Waals surface area contributed by atoms with E-state index in [2.05, 4.69) is 23.7 Å². The van der Waals surface area contributed by atoms with Gasteiger partial charge in [0.15, 0.2) is 0 Å². The third-order valence-electron chi connectivity index (χ3n) is 6.03. The molecule has 1 amide bonds. The van der Waals surface area contributed by atoms with E-state index in [0.29, 0.717) is 50.1 Å². The molecule has 2 fully saturated rings. The number of nitrogens with zero attached hydrogens (tertiary/aromatic N) is 3. The largest absolute Gasteiger partial charge is 0.507 e. The molecule has 8 nitrogen and oxygen atoms in total. The van der Waals surface area contributed by atoms with Crippen molar-refractivity contribution in [1.29, 1.82) is 0 Å². The van der Waals surface area contributed by atoms with E-state index in [1.54, 1.807) is 53.7 Å². The lowest BCUT2D eigenvalue weighted by Crippen LogP contribution is -2.42. The van der Waals surface area contributed by atoms with E-state index in [-0.39, 0.29) is 11.3 Å². The first-order chi connectivity index (χ1) is 16.5. The van der Waals surface area contributed by atoms with Crippen LogP contribution in [0.5, 0.6) is 5.75 Å². The summed E-state index contributed by atoms with van der Waals surface area (Å²) < 4.78 is 11.1. The number of morpholine rings is 1. The second-order valence-electron chi connectivity index (χ2n) is 8.96. The fraction of sp³-hybridized carbons (Fsp3) is 0.423. The first kappa shape index (κ1) is 23.9. The predicted molar refractivity (Wildman–Crippen MR) is 127 cm³/mol. The zero-order valence-corrected chi connectivity index (χ0v) is 19.6. The molecule has 1 aromatic heterocycles. The van der Waals surface area contributed by atoms with Crippen LogP contribution in [0.2, 0.25) is 0 Å². The third kappa shape index (κ3) is 5.29. The summed E-state index contributed by atoms with van der Waals surface area (Å²) in [7, 11) is 0. The topological polar surface area (TPSA) is 92.2 Å². The lowest BCUT2D eigenvalue weighted by Gasteiger charge is -2.31. The number of amides is 1. The van der Waals surface area contributed by atoms with Crippen LogP contribution in [-0.2, 0) is 14.3 Å². The molecular weight excluding hydrogens is 434 g/mol. The Labute approximate surface area is 199 Å². The van der Waals surface area contributed by atoms with Crippen LogP contribution in [0, 0.1) is 5.92 Å². The number of pyridine rings is 1. The Morgan fingerprint density at radius 3 is 2.41 bits per heavy atom. The molecule has 8 heteroatoms. The summed E-state index contributed by atoms with van der Waals surface area (Å²) >= 11 is 0. The smallest absolute Gasteiger partial charge is 0.295 e. The lowest BCUT2D eigenvalue weighted by atomic mass is 9.96. The molecule has 2 aliphatic rings. The van der Waals surface area contributed by atoms with Crippen LogP contribution in [0.15, 0.2) is 54.4 Å². The summed E-state index contributed by atoms with van der Waals surface area (Å²) in [6, 6.07) is 9.79. The second kappa shape index (κ2) is 10.8. The average Bonchev–Trinajstić information content (AvgIpc) is 3.12. The summed E-state index contributed by atoms with van der Waals surface area (Å²) in [5, 5.41) is 11.2. The molecule has 1 aromatic carbocycles. The summed E-state index contributed by atoms with van der Waals surface area (Å²) in [5.74, 6) is -0.400. The van der Waals surface area contributed by atoms with Gasteiger partial charge in [0, 0.05) is 44.1 Å². The van der Waals surface area contributed by atoms with Crippen LogP contribution in [0.3, 0.4) is 0 Å². The second-order valence-corrected chi connectivity index (χ2v) is 8.96. The zero-order valence-electron chi connectivity index (χ0n) is 19.6. The fourth-order valence-electron chi connectivity index (χ4n) is 4.20. The van der Waals surface area contributed by atoms with Gasteiger partial charge in [-0.05, 0) is 47.9 Å². The maximum atomic E-state index is 13.1. The minimum Gasteiger partial charge on any atom is -0.507 e. The Morgan fingerprint density at radius 1 is 1.09 bits per heavy atom. The van der Waals surface area contributed by atoms with Gasteiger partial charge in [0.2, 0.25) is 0 Å². The van der Waals surface area contributed by atoms with Crippen molar-refractivity contribution in [2.24, 2.45) is 5.92 Å². The average molecular weight is 466 g/mol. The lowest BCUT2D eigenvalue weighted by molar-refractivity contribution is -0.140. The van der Waals surface area contributed by atoms with Gasteiger partial charge in [-0.1, -0.05) is 13.8 Å². The Balaban J connectivity index is 1.64. The van der Waals surface area contributed by atoms with Crippen molar-refractivity contribution in [3.63, 3.8) is 0 Å². The van der Waals surface area contributed by atoms with E-state index in [1.165, 1.54) is 0 Å². The van der Waals surface area contributed by atoms with E-state index in [9.17, 15) is 14.7 Å². The zero-order chi connectivity index (χ0) is 24.1. The third-order valence-corrected chi connectivity index (χ3v) is 6.03. The minimum atomic E-state index is -0.680. The van der Waals surface area contributed by atoms with Crippen molar-refractivity contribution in [3.8, 4) is 5.75 Å². The van der Waals surface area contributed by atoms with Crippen LogP contribution >= 0.6 is 0 Å². The van der Waals surface area contributed by atoms with Gasteiger partial charge in [-0.2, -0.15) is 0 Å². The number of carbonyl (C=O) groups is 2. The normalized spacial score (nSPS) is 20.8. The molecule has 4 rings (SSSR count). The molecule has 0 bridgehead atoms. The number of aliphatic hydroxyl groups is 1. The highest BCUT2D eigenvalue weighted by atomic mass is 16.5. The Morgan fingerprint density at radius 2 is 1.76 bits per heavy atom. The highest BCUT2D eigenvalue weighted by molar-refractivity contribution is 6.46. The molecule has 1 N–H and O–H groups in total. The maximum absolute atomic E-state index is 13.1. The number of likely N-dealkylation sites (tertiary alicyclic amines) is 1. The van der Waals surface area contributed by atoms with E-state index < -0.39 is 17.7 Å². The predicted octanol–water partition coefficient (Wildman–Crippen LogP) is 2.87. The molecule has 2 saturated heterocycles. The van der Waals surface area contributed by atoms with Crippen molar-refractivity contribution < 1.29 is 24.2 Å². The van der Waals surface area contributed by atoms with Crippen LogP contribution in [-0.4, -0.2) is 77.6 Å². The molecule has 2 aromatic rings. The van der Waals surface area contributed by atoms with Crippen LogP contribution in [0.4, 0.5) is 0 Å². The number of hydrogen-bond donors (Lipinski definition) is 1. The van der Waals surface area contributed by atoms with Gasteiger partial charge in [0.1, 0.15) is 11.5 Å². The number of Topliss-reactive ketones (excluding diaryl/α,β-unsaturated/α-hetero) is 1. The van der Waals surface area contributed by atoms with Crippen LogP contribution in [0.25, 0.3) is 5.76 Å². The Hall–Kier alpha value is -3.23. The molecular formula is C26H31N3O5. The van der Waals surface area contributed by atoms with Crippen molar-refractivity contribution in [1.82, 2.24) is 14.8 Å². The summed E-state index contributed by atoms with van der Waals surface area (Å²) in [6.07, 6.45) is 3.25. The van der Waals surface area contributed by atoms with Crippen molar-refractivity contribution in [3.05, 3.63) is 65.5 Å². The number of ketones is 1. The van der Waals surface area contributed by atoms with Crippen molar-refractivity contribution in [2.45, 2.75) is 19.9 Å². The standard InChI is InChI=1S/C26H31N3O5/c1-18(2)17-34-21-5-3-20(4-6-21)24(30)22-23(19-7-9-27-10-8-19)29(26(32)25(22)31)12-11-28-13-15-33-16-14-28/h3-10,18,23,30H,11-17H2,1-2H3/b24-22+/t23-/m1/s1. The number of aromatic nitrogens is 1. The molecule has 34 heavy (non-hydrogen) atoms. The fourth-order valence-corrected chi connectivity index (χ4v) is 4.20. The van der Waals surface area contributed by atoms with Gasteiger partial charge in [0.05, 0.1) is 31.4 Å². The molecule has 3 heterocycles. The number of carbonyl (C=O) groups excluding carboxylic acids is 2. The maximum Gasteiger partial charge on any atom is 0.295 e. The van der Waals surface area contributed by atoms with Gasteiger partial charge in [0.25, 0.3) is 11.7 Å². The molecule has 0 saturated carbocycles. The monoisotopic (exact) mass is 465 g/mol. The summed E-state index contributed by atoms with van der Waals surface area (Å²) in [4.78, 5) is 34.0. The highest BCUT2D eigenvalue weighted by Crippen LogP contribution is 2.39. The molecule has 0 radical (unpaired) electrons. The van der Waals surface area contributed by atoms with E-state index in [0.717, 1.165) is 18.7 Å². The van der Waals surface area contributed by atoms with Crippen molar-refractivity contribution in [2.75, 3.05) is 46.0 Å². The summed E-state index contributed by atoms with van der Waals surface area (Å²) in [5.41, 5.74) is 1.28. The number of benzene rings is 1. The summed E-state index contributed by atoms with van der Waals surface area (Å²) in [6.45, 7) is 8.60. The van der Waals surface area contributed by atoms with Crippen molar-refractivity contribution >= 4 is 17.4 Å². The van der Waals surface area contributed by atoms with Crippen LogP contribution in [0.1, 0.15) is 31.0 Å². The molecule has 2 aliphatic heterocycles. The number of rotatable bonds is 8. The molecule has 0 unspecified atom stereocenters. The molecule has 1 atom stereocenters.